The molecule has 0 saturated carbocycles. The molecule has 0 radical (unpaired) electrons. The van der Waals surface area contributed by atoms with Gasteiger partial charge >= 0.3 is 0 Å². The molecule has 0 aliphatic carbocycles. The molecular formula is C10H21N2OPS2. The minimum Gasteiger partial charge on any atom is -0.324 e. The third kappa shape index (κ3) is 8.34. The highest BCUT2D eigenvalue weighted by atomic mass is 32.9. The SMILES string of the molecule is CC=CN=CNP(=S)(OC(C)C)SC(C)C. The number of nitrogens with one attached hydrogen (secondary N) is 1. The first-order valence-corrected chi connectivity index (χ1v) is 9.47. The molecule has 1 atom stereocenters. The second kappa shape index (κ2) is 8.29. The van der Waals surface area contributed by atoms with E-state index in [1.165, 1.54) is 0 Å². The first-order chi connectivity index (χ1) is 7.39. The quantitative estimate of drug-likeness (QED) is 0.435. The van der Waals surface area contributed by atoms with E-state index in [9.17, 15) is 0 Å². The van der Waals surface area contributed by atoms with Gasteiger partial charge in [0.1, 0.15) is 0 Å². The summed E-state index contributed by atoms with van der Waals surface area (Å²) in [6.07, 6.45) is 5.32. The van der Waals surface area contributed by atoms with E-state index in [1.807, 2.05) is 26.8 Å². The Hall–Kier alpha value is 0.170. The lowest BCUT2D eigenvalue weighted by Crippen LogP contribution is -2.12. The highest BCUT2D eigenvalue weighted by molar-refractivity contribution is 8.69. The summed E-state index contributed by atoms with van der Waals surface area (Å²) in [5.41, 5.74) is -2.05. The second-order valence-electron chi connectivity index (χ2n) is 3.70. The molecule has 0 aromatic heterocycles. The Morgan fingerprint density at radius 1 is 1.38 bits per heavy atom. The van der Waals surface area contributed by atoms with Gasteiger partial charge in [0.25, 0.3) is 0 Å². The minimum atomic E-state index is -2.05. The Balaban J connectivity index is 4.47. The standard InChI is InChI=1S/C10H21N2OPS2/c1-6-7-11-8-12-14(15,13-9(2)3)16-10(4)5/h6-10H,1-5H3,(H,11,12,15). The molecule has 1 N–H and O–H groups in total. The van der Waals surface area contributed by atoms with E-state index >= 15 is 0 Å². The van der Waals surface area contributed by atoms with E-state index in [-0.39, 0.29) is 6.10 Å². The molecule has 0 amide bonds. The van der Waals surface area contributed by atoms with Crippen molar-refractivity contribution in [2.45, 2.75) is 46.0 Å². The van der Waals surface area contributed by atoms with Crippen LogP contribution in [0.3, 0.4) is 0 Å². The summed E-state index contributed by atoms with van der Waals surface area (Å²) in [4.78, 5) is 4.04. The van der Waals surface area contributed by atoms with Crippen molar-refractivity contribution in [1.29, 1.82) is 0 Å². The fourth-order valence-electron chi connectivity index (χ4n) is 0.874. The highest BCUT2D eigenvalue weighted by Crippen LogP contribution is 2.58. The number of hydrogen-bond acceptors (Lipinski definition) is 4. The number of aliphatic imine (C=N–C) groups is 1. The molecule has 16 heavy (non-hydrogen) atoms. The van der Waals surface area contributed by atoms with Crippen LogP contribution in [0.15, 0.2) is 17.3 Å². The van der Waals surface area contributed by atoms with Gasteiger partial charge in [0.2, 0.25) is 5.62 Å². The maximum Gasteiger partial charge on any atom is 0.211 e. The number of hydrogen-bond donors (Lipinski definition) is 1. The van der Waals surface area contributed by atoms with Gasteiger partial charge in [-0.15, -0.1) is 0 Å². The fourth-order valence-corrected chi connectivity index (χ4v) is 7.23. The van der Waals surface area contributed by atoms with E-state index in [1.54, 1.807) is 23.9 Å². The van der Waals surface area contributed by atoms with Gasteiger partial charge in [0.05, 0.1) is 12.4 Å². The smallest absolute Gasteiger partial charge is 0.211 e. The second-order valence-corrected chi connectivity index (χ2v) is 10.7. The average Bonchev–Trinajstić information content (AvgIpc) is 2.09. The molecule has 0 saturated heterocycles. The summed E-state index contributed by atoms with van der Waals surface area (Å²) in [6.45, 7) is 10.1. The van der Waals surface area contributed by atoms with Crippen LogP contribution < -0.4 is 5.09 Å². The van der Waals surface area contributed by atoms with E-state index in [2.05, 4.69) is 23.9 Å². The molecule has 1 unspecified atom stereocenters. The Morgan fingerprint density at radius 2 is 2.00 bits per heavy atom. The Labute approximate surface area is 108 Å². The summed E-state index contributed by atoms with van der Waals surface area (Å²) in [5.74, 6) is 0. The van der Waals surface area contributed by atoms with E-state index in [0.29, 0.717) is 5.25 Å². The van der Waals surface area contributed by atoms with Crippen molar-refractivity contribution >= 4 is 35.1 Å². The normalized spacial score (nSPS) is 16.4. The minimum absolute atomic E-state index is 0.125. The molecule has 3 nitrogen and oxygen atoms in total. The zero-order chi connectivity index (χ0) is 12.6. The Kier molecular flexibility index (Phi) is 8.38. The van der Waals surface area contributed by atoms with Gasteiger partial charge in [-0.3, -0.25) is 0 Å². The van der Waals surface area contributed by atoms with Crippen molar-refractivity contribution < 1.29 is 4.52 Å². The van der Waals surface area contributed by atoms with Crippen molar-refractivity contribution in [3.8, 4) is 0 Å². The van der Waals surface area contributed by atoms with Gasteiger partial charge in [0, 0.05) is 11.4 Å². The Morgan fingerprint density at radius 3 is 2.44 bits per heavy atom. The molecule has 0 aliphatic heterocycles. The van der Waals surface area contributed by atoms with Crippen LogP contribution in [0.2, 0.25) is 0 Å². The van der Waals surface area contributed by atoms with E-state index < -0.39 is 5.62 Å². The topological polar surface area (TPSA) is 33.6 Å². The van der Waals surface area contributed by atoms with Gasteiger partial charge in [-0.05, 0) is 32.6 Å². The molecule has 6 heteroatoms. The predicted octanol–water partition coefficient (Wildman–Crippen LogP) is 3.93. The fraction of sp³-hybridized carbons (Fsp3) is 0.700. The molecule has 94 valence electrons. The van der Waals surface area contributed by atoms with Crippen LogP contribution in [0.25, 0.3) is 0 Å². The van der Waals surface area contributed by atoms with Gasteiger partial charge in [-0.2, -0.15) is 0 Å². The Bertz CT molecular complexity index is 277. The van der Waals surface area contributed by atoms with Gasteiger partial charge in [-0.25, -0.2) is 4.99 Å². The molecular weight excluding hydrogens is 259 g/mol. The zero-order valence-electron chi connectivity index (χ0n) is 10.5. The zero-order valence-corrected chi connectivity index (χ0v) is 13.0. The van der Waals surface area contributed by atoms with E-state index in [0.717, 1.165) is 0 Å². The monoisotopic (exact) mass is 280 g/mol. The van der Waals surface area contributed by atoms with Gasteiger partial charge < -0.3 is 9.61 Å². The molecule has 0 aromatic carbocycles. The maximum absolute atomic E-state index is 5.79. The lowest BCUT2D eigenvalue weighted by atomic mass is 10.5. The van der Waals surface area contributed by atoms with Crippen LogP contribution in [0.4, 0.5) is 0 Å². The summed E-state index contributed by atoms with van der Waals surface area (Å²) in [5, 5.41) is 3.55. The van der Waals surface area contributed by atoms with E-state index in [4.69, 9.17) is 16.3 Å². The van der Waals surface area contributed by atoms with Crippen LogP contribution >= 0.6 is 17.0 Å². The van der Waals surface area contributed by atoms with Crippen molar-refractivity contribution in [3.05, 3.63) is 12.3 Å². The average molecular weight is 280 g/mol. The van der Waals surface area contributed by atoms with Crippen LogP contribution in [0, 0.1) is 0 Å². The first kappa shape index (κ1) is 16.2. The third-order valence-corrected chi connectivity index (χ3v) is 7.08. The van der Waals surface area contributed by atoms with Gasteiger partial charge in [0.15, 0.2) is 0 Å². The number of allylic oxidation sites excluding steroid dienone is 1. The summed E-state index contributed by atoms with van der Waals surface area (Å²) in [6, 6.07) is 0. The van der Waals surface area contributed by atoms with Crippen LogP contribution in [0.1, 0.15) is 34.6 Å². The molecule has 0 fully saturated rings. The summed E-state index contributed by atoms with van der Waals surface area (Å²) < 4.78 is 5.79. The molecule has 0 aromatic rings. The van der Waals surface area contributed by atoms with Crippen molar-refractivity contribution in [1.82, 2.24) is 5.09 Å². The molecule has 0 bridgehead atoms. The van der Waals surface area contributed by atoms with Crippen molar-refractivity contribution in [2.75, 3.05) is 0 Å². The number of nitrogens with zero attached hydrogens (tertiary/aromatic N) is 1. The van der Waals surface area contributed by atoms with Gasteiger partial charge in [-0.1, -0.05) is 31.3 Å². The lowest BCUT2D eigenvalue weighted by Gasteiger charge is -2.24. The highest BCUT2D eigenvalue weighted by Gasteiger charge is 2.20. The molecule has 0 rings (SSSR count). The van der Waals surface area contributed by atoms with Crippen LogP contribution in [-0.2, 0) is 16.3 Å². The number of rotatable bonds is 7. The third-order valence-electron chi connectivity index (χ3n) is 1.22. The summed E-state index contributed by atoms with van der Waals surface area (Å²) in [7, 11) is 0. The van der Waals surface area contributed by atoms with Crippen molar-refractivity contribution in [3.63, 3.8) is 0 Å². The lowest BCUT2D eigenvalue weighted by molar-refractivity contribution is 0.274. The molecule has 0 heterocycles. The predicted molar refractivity (Wildman–Crippen MR) is 79.7 cm³/mol. The van der Waals surface area contributed by atoms with Crippen LogP contribution in [0.5, 0.6) is 0 Å². The first-order valence-electron chi connectivity index (χ1n) is 5.27. The maximum atomic E-state index is 5.79. The van der Waals surface area contributed by atoms with Crippen molar-refractivity contribution in [2.24, 2.45) is 4.99 Å². The molecule has 0 spiro atoms. The largest absolute Gasteiger partial charge is 0.324 e. The van der Waals surface area contributed by atoms with Crippen LogP contribution in [-0.4, -0.2) is 17.7 Å². The summed E-state index contributed by atoms with van der Waals surface area (Å²) >= 11 is 7.19. The molecule has 0 aliphatic rings.